The number of urea groups is 1. The van der Waals surface area contributed by atoms with Gasteiger partial charge in [0.25, 0.3) is 5.91 Å². The van der Waals surface area contributed by atoms with Gasteiger partial charge in [-0.25, -0.2) is 4.79 Å². The SMILES string of the molecule is Cc1cccc(NC(=O)N2CCC3(CC2)C(=O)N(CC(=O)NCC2CCCO2)CN3c2ccccc2)c1. The summed E-state index contributed by atoms with van der Waals surface area (Å²) in [5.41, 5.74) is 1.99. The summed E-state index contributed by atoms with van der Waals surface area (Å²) in [5.74, 6) is -0.230. The predicted octanol–water partition coefficient (Wildman–Crippen LogP) is 2.96. The number of likely N-dealkylation sites (tertiary alicyclic amines) is 1. The number of ether oxygens (including phenoxy) is 1. The number of carbonyl (C=O) groups excluding carboxylic acids is 3. The first-order chi connectivity index (χ1) is 17.9. The molecule has 37 heavy (non-hydrogen) atoms. The van der Waals surface area contributed by atoms with Crippen molar-refractivity contribution in [2.24, 2.45) is 0 Å². The predicted molar refractivity (Wildman–Crippen MR) is 141 cm³/mol. The quantitative estimate of drug-likeness (QED) is 0.630. The number of benzene rings is 2. The van der Waals surface area contributed by atoms with Gasteiger partial charge in [0.15, 0.2) is 0 Å². The van der Waals surface area contributed by atoms with Crippen LogP contribution in [-0.2, 0) is 14.3 Å². The van der Waals surface area contributed by atoms with Crippen molar-refractivity contribution in [1.82, 2.24) is 15.1 Å². The summed E-state index contributed by atoms with van der Waals surface area (Å²) >= 11 is 0. The lowest BCUT2D eigenvalue weighted by atomic mass is 9.85. The fourth-order valence-electron chi connectivity index (χ4n) is 5.59. The minimum Gasteiger partial charge on any atom is -0.376 e. The third-order valence-corrected chi connectivity index (χ3v) is 7.61. The smallest absolute Gasteiger partial charge is 0.321 e. The molecule has 4 amide bonds. The molecule has 5 rings (SSSR count). The number of aryl methyl sites for hydroxylation is 1. The van der Waals surface area contributed by atoms with Crippen LogP contribution in [0, 0.1) is 6.92 Å². The Bertz CT molecular complexity index is 1130. The number of amides is 4. The Morgan fingerprint density at radius 1 is 1.08 bits per heavy atom. The molecule has 2 aromatic carbocycles. The van der Waals surface area contributed by atoms with E-state index in [1.807, 2.05) is 61.5 Å². The van der Waals surface area contributed by atoms with Gasteiger partial charge >= 0.3 is 6.03 Å². The highest BCUT2D eigenvalue weighted by Crippen LogP contribution is 2.39. The summed E-state index contributed by atoms with van der Waals surface area (Å²) < 4.78 is 5.59. The zero-order chi connectivity index (χ0) is 25.8. The first kappa shape index (κ1) is 25.1. The van der Waals surface area contributed by atoms with Crippen LogP contribution in [0.25, 0.3) is 0 Å². The summed E-state index contributed by atoms with van der Waals surface area (Å²) in [5, 5.41) is 5.90. The van der Waals surface area contributed by atoms with Gasteiger partial charge in [0, 0.05) is 37.6 Å². The van der Waals surface area contributed by atoms with Crippen LogP contribution in [0.15, 0.2) is 54.6 Å². The molecule has 3 heterocycles. The highest BCUT2D eigenvalue weighted by atomic mass is 16.5. The Balaban J connectivity index is 1.26. The highest BCUT2D eigenvalue weighted by molar-refractivity contribution is 5.97. The van der Waals surface area contributed by atoms with Crippen LogP contribution < -0.4 is 15.5 Å². The largest absolute Gasteiger partial charge is 0.376 e. The maximum Gasteiger partial charge on any atom is 0.321 e. The summed E-state index contributed by atoms with van der Waals surface area (Å²) in [6, 6.07) is 17.4. The normalized spacial score (nSPS) is 20.9. The van der Waals surface area contributed by atoms with Crippen molar-refractivity contribution in [2.45, 2.75) is 44.2 Å². The Hall–Kier alpha value is -3.59. The summed E-state index contributed by atoms with van der Waals surface area (Å²) in [6.07, 6.45) is 3.01. The van der Waals surface area contributed by atoms with Crippen LogP contribution in [0.3, 0.4) is 0 Å². The average Bonchev–Trinajstić information content (AvgIpc) is 3.52. The lowest BCUT2D eigenvalue weighted by Crippen LogP contribution is -2.58. The van der Waals surface area contributed by atoms with E-state index in [1.54, 1.807) is 9.80 Å². The second-order valence-corrected chi connectivity index (χ2v) is 10.2. The molecule has 0 aromatic heterocycles. The lowest BCUT2D eigenvalue weighted by Gasteiger charge is -2.43. The number of para-hydroxylation sites is 1. The Kier molecular flexibility index (Phi) is 7.32. The van der Waals surface area contributed by atoms with Crippen molar-refractivity contribution in [3.05, 3.63) is 60.2 Å². The average molecular weight is 506 g/mol. The molecule has 2 N–H and O–H groups in total. The van der Waals surface area contributed by atoms with E-state index in [0.29, 0.717) is 39.1 Å². The monoisotopic (exact) mass is 505 g/mol. The molecule has 9 heteroatoms. The van der Waals surface area contributed by atoms with Crippen molar-refractivity contribution in [3.8, 4) is 0 Å². The van der Waals surface area contributed by atoms with E-state index in [0.717, 1.165) is 36.4 Å². The molecular formula is C28H35N5O4. The molecule has 3 aliphatic heterocycles. The van der Waals surface area contributed by atoms with Gasteiger partial charge in [-0.3, -0.25) is 9.59 Å². The minimum absolute atomic E-state index is 0.00813. The standard InChI is InChI=1S/C28H35N5O4/c1-21-7-5-8-22(17-21)30-27(36)31-14-12-28(13-15-31)26(35)32(20-33(28)23-9-3-2-4-10-23)19-25(34)29-18-24-11-6-16-37-24/h2-5,7-10,17,24H,6,11-16,18-20H2,1H3,(H,29,34)(H,30,36). The lowest BCUT2D eigenvalue weighted by molar-refractivity contribution is -0.137. The first-order valence-electron chi connectivity index (χ1n) is 13.1. The van der Waals surface area contributed by atoms with E-state index in [2.05, 4.69) is 15.5 Å². The number of anilines is 2. The van der Waals surface area contributed by atoms with Crippen LogP contribution in [0.5, 0.6) is 0 Å². The molecule has 1 unspecified atom stereocenters. The number of piperidine rings is 1. The van der Waals surface area contributed by atoms with Gasteiger partial charge in [0.2, 0.25) is 5.91 Å². The summed E-state index contributed by atoms with van der Waals surface area (Å²) in [7, 11) is 0. The number of hydrogen-bond acceptors (Lipinski definition) is 5. The molecule has 3 saturated heterocycles. The highest BCUT2D eigenvalue weighted by Gasteiger charge is 2.54. The van der Waals surface area contributed by atoms with Gasteiger partial charge in [-0.05, 0) is 62.4 Å². The number of hydrogen-bond donors (Lipinski definition) is 2. The van der Waals surface area contributed by atoms with Gasteiger partial charge in [0.1, 0.15) is 12.1 Å². The molecule has 9 nitrogen and oxygen atoms in total. The zero-order valence-corrected chi connectivity index (χ0v) is 21.3. The number of nitrogens with zero attached hydrogens (tertiary/aromatic N) is 3. The maximum atomic E-state index is 13.8. The topological polar surface area (TPSA) is 94.2 Å². The maximum absolute atomic E-state index is 13.8. The Morgan fingerprint density at radius 2 is 1.86 bits per heavy atom. The number of rotatable bonds is 6. The van der Waals surface area contributed by atoms with Crippen LogP contribution in [0.1, 0.15) is 31.2 Å². The van der Waals surface area contributed by atoms with Crippen molar-refractivity contribution < 1.29 is 19.1 Å². The molecular weight excluding hydrogens is 470 g/mol. The van der Waals surface area contributed by atoms with E-state index in [4.69, 9.17) is 4.74 Å². The molecule has 1 spiro atoms. The van der Waals surface area contributed by atoms with E-state index in [9.17, 15) is 14.4 Å². The third kappa shape index (κ3) is 5.41. The van der Waals surface area contributed by atoms with Gasteiger partial charge in [-0.2, -0.15) is 0 Å². The van der Waals surface area contributed by atoms with Crippen LogP contribution in [0.2, 0.25) is 0 Å². The molecule has 0 aliphatic carbocycles. The Morgan fingerprint density at radius 3 is 2.57 bits per heavy atom. The van der Waals surface area contributed by atoms with Gasteiger partial charge in [-0.1, -0.05) is 30.3 Å². The molecule has 1 atom stereocenters. The number of carbonyl (C=O) groups is 3. The van der Waals surface area contributed by atoms with E-state index < -0.39 is 5.54 Å². The van der Waals surface area contributed by atoms with E-state index in [-0.39, 0.29) is 30.5 Å². The molecule has 0 radical (unpaired) electrons. The molecule has 196 valence electrons. The van der Waals surface area contributed by atoms with Crippen LogP contribution in [0.4, 0.5) is 16.2 Å². The van der Waals surface area contributed by atoms with E-state index >= 15 is 0 Å². The van der Waals surface area contributed by atoms with Crippen molar-refractivity contribution in [3.63, 3.8) is 0 Å². The molecule has 2 aromatic rings. The van der Waals surface area contributed by atoms with E-state index in [1.165, 1.54) is 0 Å². The van der Waals surface area contributed by atoms with Crippen molar-refractivity contribution in [2.75, 3.05) is 49.7 Å². The number of nitrogens with one attached hydrogen (secondary N) is 2. The van der Waals surface area contributed by atoms with Crippen molar-refractivity contribution in [1.29, 1.82) is 0 Å². The van der Waals surface area contributed by atoms with Crippen LogP contribution in [-0.4, -0.2) is 78.7 Å². The molecule has 0 saturated carbocycles. The summed E-state index contributed by atoms with van der Waals surface area (Å²) in [4.78, 5) is 45.0. The molecule has 0 bridgehead atoms. The fourth-order valence-corrected chi connectivity index (χ4v) is 5.59. The Labute approximate surface area is 217 Å². The zero-order valence-electron chi connectivity index (χ0n) is 21.3. The second kappa shape index (κ2) is 10.8. The third-order valence-electron chi connectivity index (χ3n) is 7.61. The molecule has 3 aliphatic rings. The second-order valence-electron chi connectivity index (χ2n) is 10.2. The first-order valence-corrected chi connectivity index (χ1v) is 13.1. The summed E-state index contributed by atoms with van der Waals surface area (Å²) in [6.45, 7) is 4.44. The molecule has 3 fully saturated rings. The van der Waals surface area contributed by atoms with Crippen molar-refractivity contribution >= 4 is 29.2 Å². The fraction of sp³-hybridized carbons (Fsp3) is 0.464. The van der Waals surface area contributed by atoms with Gasteiger partial charge in [-0.15, -0.1) is 0 Å². The van der Waals surface area contributed by atoms with Gasteiger partial charge < -0.3 is 30.1 Å². The van der Waals surface area contributed by atoms with Crippen LogP contribution >= 0.6 is 0 Å². The van der Waals surface area contributed by atoms with Gasteiger partial charge in [0.05, 0.1) is 12.8 Å². The minimum atomic E-state index is -0.781.